The lowest BCUT2D eigenvalue weighted by atomic mass is 10.1. The molecular formula is C26H18ClN5O. The number of para-hydroxylation sites is 1. The van der Waals surface area contributed by atoms with Crippen LogP contribution < -0.4 is 10.9 Å². The van der Waals surface area contributed by atoms with Gasteiger partial charge in [-0.3, -0.25) is 19.3 Å². The van der Waals surface area contributed by atoms with Crippen molar-refractivity contribution in [2.75, 3.05) is 5.32 Å². The molecule has 1 atom stereocenters. The molecule has 3 heterocycles. The fourth-order valence-corrected chi connectivity index (χ4v) is 4.29. The first-order chi connectivity index (χ1) is 16.1. The first-order valence-electron chi connectivity index (χ1n) is 10.4. The summed E-state index contributed by atoms with van der Waals surface area (Å²) in [5.41, 5.74) is 3.51. The topological polar surface area (TPSA) is 64.2 Å². The van der Waals surface area contributed by atoms with Crippen LogP contribution in [-0.4, -0.2) is 14.5 Å². The van der Waals surface area contributed by atoms with Crippen LogP contribution in [0.1, 0.15) is 18.7 Å². The van der Waals surface area contributed by atoms with Crippen molar-refractivity contribution < 1.29 is 0 Å². The highest BCUT2D eigenvalue weighted by atomic mass is 35.5. The molecule has 6 nitrogen and oxygen atoms in total. The van der Waals surface area contributed by atoms with E-state index in [9.17, 15) is 4.79 Å². The zero-order valence-corrected chi connectivity index (χ0v) is 18.4. The van der Waals surface area contributed by atoms with Crippen LogP contribution in [0.5, 0.6) is 0 Å². The van der Waals surface area contributed by atoms with Gasteiger partial charge in [0.25, 0.3) is 5.56 Å². The Morgan fingerprint density at radius 2 is 1.88 bits per heavy atom. The average molecular weight is 452 g/mol. The van der Waals surface area contributed by atoms with E-state index in [0.29, 0.717) is 32.8 Å². The summed E-state index contributed by atoms with van der Waals surface area (Å²) in [6, 6.07) is 20.1. The molecule has 0 aliphatic rings. The Hall–Kier alpha value is -4.21. The summed E-state index contributed by atoms with van der Waals surface area (Å²) in [6.07, 6.45) is 3.21. The molecule has 33 heavy (non-hydrogen) atoms. The second-order valence-electron chi connectivity index (χ2n) is 7.62. The predicted octanol–water partition coefficient (Wildman–Crippen LogP) is 6.31. The van der Waals surface area contributed by atoms with Crippen LogP contribution in [-0.2, 0) is 0 Å². The van der Waals surface area contributed by atoms with Gasteiger partial charge in [0.2, 0.25) is 5.69 Å². The molecule has 0 amide bonds. The van der Waals surface area contributed by atoms with Crippen LogP contribution in [0.25, 0.3) is 32.3 Å². The number of nitrogens with zero attached hydrogens (tertiary/aromatic N) is 4. The molecule has 0 saturated carbocycles. The molecule has 0 fully saturated rings. The van der Waals surface area contributed by atoms with Gasteiger partial charge < -0.3 is 5.32 Å². The Kier molecular flexibility index (Phi) is 5.25. The van der Waals surface area contributed by atoms with E-state index in [4.69, 9.17) is 18.2 Å². The highest BCUT2D eigenvalue weighted by molar-refractivity contribution is 6.35. The fraction of sp³-hybridized carbons (Fsp3) is 0.0769. The number of nitrogens with one attached hydrogen (secondary N) is 1. The highest BCUT2D eigenvalue weighted by Gasteiger charge is 2.20. The molecular weight excluding hydrogens is 434 g/mol. The minimum absolute atomic E-state index is 0.198. The van der Waals surface area contributed by atoms with Crippen molar-refractivity contribution in [2.45, 2.75) is 13.0 Å². The van der Waals surface area contributed by atoms with E-state index in [0.717, 1.165) is 16.8 Å². The summed E-state index contributed by atoms with van der Waals surface area (Å²) in [4.78, 5) is 26.0. The maximum absolute atomic E-state index is 13.6. The van der Waals surface area contributed by atoms with Crippen molar-refractivity contribution in [2.24, 2.45) is 0 Å². The van der Waals surface area contributed by atoms with Crippen LogP contribution in [0.2, 0.25) is 5.02 Å². The molecule has 0 unspecified atom stereocenters. The molecule has 0 saturated heterocycles. The van der Waals surface area contributed by atoms with Crippen molar-refractivity contribution >= 4 is 44.8 Å². The smallest absolute Gasteiger partial charge is 0.264 e. The largest absolute Gasteiger partial charge is 0.384 e. The number of anilines is 1. The molecule has 5 rings (SSSR count). The van der Waals surface area contributed by atoms with Crippen molar-refractivity contribution in [3.05, 3.63) is 112 Å². The Labute approximate surface area is 194 Å². The van der Waals surface area contributed by atoms with E-state index in [1.807, 2.05) is 61.5 Å². The van der Waals surface area contributed by atoms with Crippen molar-refractivity contribution in [1.82, 2.24) is 14.5 Å². The molecule has 7 heteroatoms. The standard InChI is InChI=1S/C26H18ClN5O/c1-16(31-25-21(28-2)15-30-20-12-7-13-29-24(20)25)22-14-17-8-6-11-19(27)23(17)26(33)32(22)18-9-4-3-5-10-18/h3-16H,1H3,(H,30,31)/t16-/m0/s1. The number of fused-ring (bicyclic) bond motifs is 2. The monoisotopic (exact) mass is 451 g/mol. The first-order valence-corrected chi connectivity index (χ1v) is 10.7. The van der Waals surface area contributed by atoms with Crippen molar-refractivity contribution in [3.63, 3.8) is 0 Å². The molecule has 0 aliphatic carbocycles. The van der Waals surface area contributed by atoms with Gasteiger partial charge in [-0.05, 0) is 48.7 Å². The maximum Gasteiger partial charge on any atom is 0.264 e. The lowest BCUT2D eigenvalue weighted by molar-refractivity contribution is 0.779. The average Bonchev–Trinajstić information content (AvgIpc) is 2.84. The predicted molar refractivity (Wildman–Crippen MR) is 132 cm³/mol. The van der Waals surface area contributed by atoms with Gasteiger partial charge in [-0.25, -0.2) is 4.85 Å². The summed E-state index contributed by atoms with van der Waals surface area (Å²) in [5, 5.41) is 5.06. The second kappa shape index (κ2) is 8.38. The van der Waals surface area contributed by atoms with Crippen LogP contribution in [0.3, 0.4) is 0 Å². The maximum atomic E-state index is 13.6. The Balaban J connectivity index is 1.74. The van der Waals surface area contributed by atoms with Crippen LogP contribution in [0.15, 0.2) is 83.9 Å². The van der Waals surface area contributed by atoms with Gasteiger partial charge in [-0.1, -0.05) is 41.9 Å². The third kappa shape index (κ3) is 3.59. The lowest BCUT2D eigenvalue weighted by Crippen LogP contribution is -2.25. The third-order valence-electron chi connectivity index (χ3n) is 5.57. The minimum atomic E-state index is -0.339. The molecule has 160 valence electrons. The molecule has 0 bridgehead atoms. The Morgan fingerprint density at radius 3 is 2.67 bits per heavy atom. The zero-order valence-electron chi connectivity index (χ0n) is 17.7. The van der Waals surface area contributed by atoms with E-state index >= 15 is 0 Å². The summed E-state index contributed by atoms with van der Waals surface area (Å²) >= 11 is 6.41. The molecule has 0 aliphatic heterocycles. The highest BCUT2D eigenvalue weighted by Crippen LogP contribution is 2.34. The Bertz CT molecular complexity index is 1610. The fourth-order valence-electron chi connectivity index (χ4n) is 4.03. The van der Waals surface area contributed by atoms with E-state index < -0.39 is 0 Å². The van der Waals surface area contributed by atoms with Crippen LogP contribution in [0.4, 0.5) is 11.4 Å². The van der Waals surface area contributed by atoms with Crippen molar-refractivity contribution in [1.29, 1.82) is 0 Å². The summed E-state index contributed by atoms with van der Waals surface area (Å²) in [5.74, 6) is 0. The van der Waals surface area contributed by atoms with Crippen LogP contribution >= 0.6 is 11.6 Å². The van der Waals surface area contributed by atoms with Gasteiger partial charge >= 0.3 is 0 Å². The van der Waals surface area contributed by atoms with E-state index in [1.165, 1.54) is 6.20 Å². The molecule has 1 N–H and O–H groups in total. The molecule has 5 aromatic rings. The second-order valence-corrected chi connectivity index (χ2v) is 8.02. The van der Waals surface area contributed by atoms with Gasteiger partial charge in [0.05, 0.1) is 34.2 Å². The third-order valence-corrected chi connectivity index (χ3v) is 5.88. The molecule has 2 aromatic carbocycles. The van der Waals surface area contributed by atoms with Gasteiger partial charge in [0.1, 0.15) is 5.52 Å². The number of halogens is 1. The summed E-state index contributed by atoms with van der Waals surface area (Å²) in [6.45, 7) is 9.55. The molecule has 0 spiro atoms. The zero-order chi connectivity index (χ0) is 22.9. The van der Waals surface area contributed by atoms with Crippen LogP contribution in [0, 0.1) is 6.57 Å². The molecule has 0 radical (unpaired) electrons. The quantitative estimate of drug-likeness (QED) is 0.325. The van der Waals surface area contributed by atoms with Gasteiger partial charge in [-0.15, -0.1) is 0 Å². The number of rotatable bonds is 4. The van der Waals surface area contributed by atoms with Crippen molar-refractivity contribution in [3.8, 4) is 5.69 Å². The first kappa shape index (κ1) is 20.7. The van der Waals surface area contributed by atoms with Gasteiger partial charge in [-0.2, -0.15) is 0 Å². The molecule has 3 aromatic heterocycles. The number of hydrogen-bond donors (Lipinski definition) is 1. The SMILES string of the molecule is [C-]#[N+]c1cnc2cccnc2c1N[C@@H](C)c1cc2cccc(Cl)c2c(=O)n1-c1ccccc1. The van der Waals surface area contributed by atoms with Gasteiger partial charge in [0.15, 0.2) is 0 Å². The number of benzene rings is 2. The number of aromatic nitrogens is 3. The van der Waals surface area contributed by atoms with E-state index in [-0.39, 0.29) is 11.6 Å². The van der Waals surface area contributed by atoms with E-state index in [1.54, 1.807) is 22.9 Å². The summed E-state index contributed by atoms with van der Waals surface area (Å²) < 4.78 is 1.67. The summed E-state index contributed by atoms with van der Waals surface area (Å²) in [7, 11) is 0. The van der Waals surface area contributed by atoms with Gasteiger partial charge in [0, 0.05) is 23.8 Å². The van der Waals surface area contributed by atoms with E-state index in [2.05, 4.69) is 20.1 Å². The lowest BCUT2D eigenvalue weighted by Gasteiger charge is -2.23. The minimum Gasteiger partial charge on any atom is -0.384 e. The number of hydrogen-bond acceptors (Lipinski definition) is 4. The normalized spacial score (nSPS) is 11.9. The number of pyridine rings is 3. The Morgan fingerprint density at radius 1 is 1.06 bits per heavy atom.